The van der Waals surface area contributed by atoms with Gasteiger partial charge in [-0.3, -0.25) is 10.1 Å². The third-order valence-electron chi connectivity index (χ3n) is 2.53. The zero-order chi connectivity index (χ0) is 14.1. The van der Waals surface area contributed by atoms with Gasteiger partial charge in [0.1, 0.15) is 5.69 Å². The molecule has 0 radical (unpaired) electrons. The number of nitrogens with one attached hydrogen (secondary N) is 1. The van der Waals surface area contributed by atoms with Gasteiger partial charge in [0.05, 0.1) is 23.2 Å². The van der Waals surface area contributed by atoms with E-state index in [1.54, 1.807) is 0 Å². The second-order valence-electron chi connectivity index (χ2n) is 3.99. The molecule has 0 aromatic heterocycles. The van der Waals surface area contributed by atoms with Crippen LogP contribution in [0, 0.1) is 21.4 Å². The van der Waals surface area contributed by atoms with Crippen molar-refractivity contribution in [2.24, 2.45) is 0 Å². The van der Waals surface area contributed by atoms with Crippen LogP contribution in [-0.4, -0.2) is 24.7 Å². The lowest BCUT2D eigenvalue weighted by Gasteiger charge is -2.08. The summed E-state index contributed by atoms with van der Waals surface area (Å²) in [6.45, 7) is 3.73. The number of rotatable bonds is 8. The summed E-state index contributed by atoms with van der Waals surface area (Å²) in [7, 11) is 0. The van der Waals surface area contributed by atoms with E-state index >= 15 is 0 Å². The normalized spacial score (nSPS) is 9.89. The van der Waals surface area contributed by atoms with Crippen LogP contribution in [0.15, 0.2) is 18.2 Å². The number of nitrogens with zero attached hydrogens (tertiary/aromatic N) is 2. The molecule has 6 nitrogen and oxygen atoms in total. The molecule has 0 spiro atoms. The fourth-order valence-electron chi connectivity index (χ4n) is 1.51. The van der Waals surface area contributed by atoms with Crippen molar-refractivity contribution in [3.05, 3.63) is 33.9 Å². The number of ether oxygens (including phenoxy) is 1. The van der Waals surface area contributed by atoms with E-state index in [4.69, 9.17) is 10.00 Å². The standard InChI is InChI=1S/C13H17N3O3/c1-2-3-7-19-8-6-15-12-9-11(10-14)4-5-13(12)16(17)18/h4-5,9,15H,2-3,6-8H2,1H3. The van der Waals surface area contributed by atoms with Crippen LogP contribution < -0.4 is 5.32 Å². The molecule has 0 aliphatic heterocycles. The molecule has 0 aliphatic rings. The van der Waals surface area contributed by atoms with E-state index in [-0.39, 0.29) is 5.69 Å². The van der Waals surface area contributed by atoms with Crippen LogP contribution in [0.1, 0.15) is 25.3 Å². The maximum atomic E-state index is 10.8. The third kappa shape index (κ3) is 4.94. The van der Waals surface area contributed by atoms with Crippen molar-refractivity contribution >= 4 is 11.4 Å². The topological polar surface area (TPSA) is 88.2 Å². The van der Waals surface area contributed by atoms with E-state index in [0.717, 1.165) is 12.8 Å². The predicted octanol–water partition coefficient (Wildman–Crippen LogP) is 2.70. The molecule has 1 rings (SSSR count). The quantitative estimate of drug-likeness (QED) is 0.442. The van der Waals surface area contributed by atoms with Gasteiger partial charge in [-0.25, -0.2) is 0 Å². The van der Waals surface area contributed by atoms with Crippen LogP contribution in [0.2, 0.25) is 0 Å². The Labute approximate surface area is 112 Å². The molecule has 0 saturated carbocycles. The molecule has 1 aromatic carbocycles. The Morgan fingerprint density at radius 2 is 2.26 bits per heavy atom. The summed E-state index contributed by atoms with van der Waals surface area (Å²) in [5, 5.41) is 22.6. The Kier molecular flexibility index (Phi) is 6.33. The molecule has 0 atom stereocenters. The molecule has 102 valence electrons. The first-order valence-electron chi connectivity index (χ1n) is 6.19. The van der Waals surface area contributed by atoms with Crippen LogP contribution in [0.4, 0.5) is 11.4 Å². The number of nitriles is 1. The molecule has 19 heavy (non-hydrogen) atoms. The van der Waals surface area contributed by atoms with E-state index in [0.29, 0.717) is 31.0 Å². The van der Waals surface area contributed by atoms with Gasteiger partial charge in [-0.15, -0.1) is 0 Å². The van der Waals surface area contributed by atoms with Gasteiger partial charge in [0.15, 0.2) is 0 Å². The van der Waals surface area contributed by atoms with Gasteiger partial charge in [-0.2, -0.15) is 5.26 Å². The molecule has 0 heterocycles. The number of benzene rings is 1. The predicted molar refractivity (Wildman–Crippen MR) is 72.0 cm³/mol. The highest BCUT2D eigenvalue weighted by atomic mass is 16.6. The summed E-state index contributed by atoms with van der Waals surface area (Å²) < 4.78 is 5.36. The molecular weight excluding hydrogens is 246 g/mol. The van der Waals surface area contributed by atoms with Crippen molar-refractivity contribution in [3.63, 3.8) is 0 Å². The fraction of sp³-hybridized carbons (Fsp3) is 0.462. The summed E-state index contributed by atoms with van der Waals surface area (Å²) in [6.07, 6.45) is 2.08. The van der Waals surface area contributed by atoms with Crippen molar-refractivity contribution in [2.75, 3.05) is 25.1 Å². The fourth-order valence-corrected chi connectivity index (χ4v) is 1.51. The lowest BCUT2D eigenvalue weighted by Crippen LogP contribution is -2.11. The number of unbranched alkanes of at least 4 members (excludes halogenated alkanes) is 1. The summed E-state index contributed by atoms with van der Waals surface area (Å²) in [6, 6.07) is 6.20. The molecule has 0 bridgehead atoms. The van der Waals surface area contributed by atoms with E-state index < -0.39 is 4.92 Å². The van der Waals surface area contributed by atoms with Gasteiger partial charge in [0.2, 0.25) is 0 Å². The Bertz CT molecular complexity index is 469. The van der Waals surface area contributed by atoms with Gasteiger partial charge in [0, 0.05) is 19.2 Å². The van der Waals surface area contributed by atoms with E-state index in [2.05, 4.69) is 12.2 Å². The first-order valence-corrected chi connectivity index (χ1v) is 6.19. The average molecular weight is 263 g/mol. The Hall–Kier alpha value is -2.13. The Morgan fingerprint density at radius 3 is 2.89 bits per heavy atom. The molecule has 0 unspecified atom stereocenters. The van der Waals surface area contributed by atoms with Crippen molar-refractivity contribution in [2.45, 2.75) is 19.8 Å². The van der Waals surface area contributed by atoms with Crippen LogP contribution in [-0.2, 0) is 4.74 Å². The second-order valence-corrected chi connectivity index (χ2v) is 3.99. The molecule has 0 saturated heterocycles. The highest BCUT2D eigenvalue weighted by Crippen LogP contribution is 2.24. The Morgan fingerprint density at radius 1 is 1.47 bits per heavy atom. The second kappa shape index (κ2) is 8.06. The van der Waals surface area contributed by atoms with Crippen molar-refractivity contribution in [1.82, 2.24) is 0 Å². The molecule has 0 amide bonds. The number of anilines is 1. The van der Waals surface area contributed by atoms with Crippen LogP contribution >= 0.6 is 0 Å². The molecule has 1 N–H and O–H groups in total. The number of nitro groups is 1. The summed E-state index contributed by atoms with van der Waals surface area (Å²) in [5.74, 6) is 0. The lowest BCUT2D eigenvalue weighted by molar-refractivity contribution is -0.384. The first kappa shape index (κ1) is 14.9. The molecule has 6 heteroatoms. The smallest absolute Gasteiger partial charge is 0.292 e. The maximum Gasteiger partial charge on any atom is 0.292 e. The van der Waals surface area contributed by atoms with Crippen molar-refractivity contribution in [3.8, 4) is 6.07 Å². The van der Waals surface area contributed by atoms with Crippen LogP contribution in [0.5, 0.6) is 0 Å². The molecule has 0 aliphatic carbocycles. The number of hydrogen-bond donors (Lipinski definition) is 1. The highest BCUT2D eigenvalue weighted by Gasteiger charge is 2.13. The van der Waals surface area contributed by atoms with Crippen LogP contribution in [0.3, 0.4) is 0 Å². The zero-order valence-electron chi connectivity index (χ0n) is 10.9. The number of hydrogen-bond acceptors (Lipinski definition) is 5. The van der Waals surface area contributed by atoms with Gasteiger partial charge < -0.3 is 10.1 Å². The SMILES string of the molecule is CCCCOCCNc1cc(C#N)ccc1[N+](=O)[O-]. The number of nitro benzene ring substituents is 1. The third-order valence-corrected chi connectivity index (χ3v) is 2.53. The van der Waals surface area contributed by atoms with Gasteiger partial charge in [-0.1, -0.05) is 13.3 Å². The van der Waals surface area contributed by atoms with E-state index in [1.807, 2.05) is 6.07 Å². The van der Waals surface area contributed by atoms with Gasteiger partial charge >= 0.3 is 0 Å². The monoisotopic (exact) mass is 263 g/mol. The lowest BCUT2D eigenvalue weighted by atomic mass is 10.2. The van der Waals surface area contributed by atoms with Crippen molar-refractivity contribution < 1.29 is 9.66 Å². The minimum absolute atomic E-state index is 0.0347. The molecule has 0 fully saturated rings. The Balaban J connectivity index is 2.56. The first-order chi connectivity index (χ1) is 9.19. The maximum absolute atomic E-state index is 10.8. The summed E-state index contributed by atoms with van der Waals surface area (Å²) in [4.78, 5) is 10.4. The zero-order valence-corrected chi connectivity index (χ0v) is 10.9. The van der Waals surface area contributed by atoms with E-state index in [1.165, 1.54) is 18.2 Å². The van der Waals surface area contributed by atoms with Crippen LogP contribution in [0.25, 0.3) is 0 Å². The van der Waals surface area contributed by atoms with Gasteiger partial charge in [-0.05, 0) is 18.6 Å². The summed E-state index contributed by atoms with van der Waals surface area (Å²) in [5.41, 5.74) is 0.704. The largest absolute Gasteiger partial charge is 0.380 e. The van der Waals surface area contributed by atoms with Crippen molar-refractivity contribution in [1.29, 1.82) is 5.26 Å². The molecular formula is C13H17N3O3. The average Bonchev–Trinajstić information content (AvgIpc) is 2.42. The molecule has 1 aromatic rings. The minimum Gasteiger partial charge on any atom is -0.380 e. The minimum atomic E-state index is -0.471. The van der Waals surface area contributed by atoms with Gasteiger partial charge in [0.25, 0.3) is 5.69 Å². The van der Waals surface area contributed by atoms with E-state index in [9.17, 15) is 10.1 Å². The summed E-state index contributed by atoms with van der Waals surface area (Å²) >= 11 is 0. The highest BCUT2D eigenvalue weighted by molar-refractivity contribution is 5.64.